The third kappa shape index (κ3) is 2.99. The molecule has 3 aromatic rings. The predicted molar refractivity (Wildman–Crippen MR) is 76.2 cm³/mol. The van der Waals surface area contributed by atoms with Crippen LogP contribution in [-0.2, 0) is 6.54 Å². The zero-order valence-electron chi connectivity index (χ0n) is 11.3. The van der Waals surface area contributed by atoms with Crippen molar-refractivity contribution in [3.63, 3.8) is 0 Å². The molecule has 0 unspecified atom stereocenters. The van der Waals surface area contributed by atoms with Gasteiger partial charge in [0.1, 0.15) is 5.75 Å². The number of aromatic nitrogens is 1. The Morgan fingerprint density at radius 3 is 2.50 bits per heavy atom. The number of fused-ring (bicyclic) bond motifs is 1. The van der Waals surface area contributed by atoms with Crippen LogP contribution in [-0.4, -0.2) is 7.11 Å². The van der Waals surface area contributed by atoms with Gasteiger partial charge in [-0.05, 0) is 18.2 Å². The monoisotopic (exact) mass is 329 g/mol. The quantitative estimate of drug-likeness (QED) is 0.625. The largest absolute Gasteiger partial charge is 1.00 e. The van der Waals surface area contributed by atoms with Gasteiger partial charge < -0.3 is 21.7 Å². The third-order valence-electron chi connectivity index (χ3n) is 3.28. The molecule has 20 heavy (non-hydrogen) atoms. The van der Waals surface area contributed by atoms with Crippen LogP contribution in [0.2, 0.25) is 0 Å². The highest BCUT2D eigenvalue weighted by atomic mass is 79.9. The molecule has 0 spiro atoms. The first kappa shape index (κ1) is 14.5. The van der Waals surface area contributed by atoms with E-state index < -0.39 is 0 Å². The number of benzene rings is 2. The first-order chi connectivity index (χ1) is 9.36. The molecule has 0 saturated carbocycles. The van der Waals surface area contributed by atoms with Crippen LogP contribution in [0.1, 0.15) is 5.56 Å². The summed E-state index contributed by atoms with van der Waals surface area (Å²) in [6.45, 7) is 0.879. The van der Waals surface area contributed by atoms with E-state index >= 15 is 0 Å². The summed E-state index contributed by atoms with van der Waals surface area (Å²) in [5.74, 6) is 0.893. The zero-order chi connectivity index (χ0) is 13.1. The molecule has 0 bridgehead atoms. The second-order valence-electron chi connectivity index (χ2n) is 4.55. The predicted octanol–water partition coefficient (Wildman–Crippen LogP) is 0.188. The second kappa shape index (κ2) is 6.53. The van der Waals surface area contributed by atoms with E-state index in [9.17, 15) is 0 Å². The highest BCUT2D eigenvalue weighted by Gasteiger charge is 2.09. The van der Waals surface area contributed by atoms with Crippen LogP contribution in [0.3, 0.4) is 0 Å². The number of pyridine rings is 1. The molecule has 0 radical (unpaired) electrons. The summed E-state index contributed by atoms with van der Waals surface area (Å²) in [4.78, 5) is 0. The molecule has 3 heteroatoms. The van der Waals surface area contributed by atoms with Crippen LogP contribution < -0.4 is 26.3 Å². The van der Waals surface area contributed by atoms with Crippen molar-refractivity contribution in [2.24, 2.45) is 0 Å². The van der Waals surface area contributed by atoms with Crippen molar-refractivity contribution in [2.45, 2.75) is 6.54 Å². The minimum Gasteiger partial charge on any atom is -1.00 e. The summed E-state index contributed by atoms with van der Waals surface area (Å²) in [6.07, 6.45) is 2.11. The molecule has 1 heterocycles. The lowest BCUT2D eigenvalue weighted by molar-refractivity contribution is -0.662. The van der Waals surface area contributed by atoms with E-state index in [1.54, 1.807) is 7.11 Å². The lowest BCUT2D eigenvalue weighted by atomic mass is 10.1. The van der Waals surface area contributed by atoms with E-state index in [0.29, 0.717) is 0 Å². The lowest BCUT2D eigenvalue weighted by Gasteiger charge is -2.03. The fraction of sp³-hybridized carbons (Fsp3) is 0.118. The number of halogens is 1. The van der Waals surface area contributed by atoms with Crippen molar-refractivity contribution >= 4 is 10.9 Å². The minimum atomic E-state index is 0. The van der Waals surface area contributed by atoms with Crippen molar-refractivity contribution in [1.82, 2.24) is 0 Å². The molecule has 3 rings (SSSR count). The molecule has 0 atom stereocenters. The van der Waals surface area contributed by atoms with Crippen LogP contribution in [0.5, 0.6) is 5.75 Å². The standard InChI is InChI=1S/C17H16NO.BrH/c1-19-16-9-10-17-15(12-16)8-5-11-18(17)13-14-6-3-2-4-7-14;/h2-12H,13H2,1H3;1H/q+1;/p-1. The molecular formula is C17H16BrNO. The van der Waals surface area contributed by atoms with Gasteiger partial charge in [0.25, 0.3) is 0 Å². The maximum Gasteiger partial charge on any atom is 0.213 e. The SMILES string of the molecule is COc1ccc2c(ccc[n+]2Cc2ccccc2)c1.[Br-]. The summed E-state index contributed by atoms with van der Waals surface area (Å²) in [5, 5.41) is 1.19. The van der Waals surface area contributed by atoms with Gasteiger partial charge in [0.2, 0.25) is 5.52 Å². The number of hydrogen-bond acceptors (Lipinski definition) is 1. The van der Waals surface area contributed by atoms with Gasteiger partial charge >= 0.3 is 0 Å². The van der Waals surface area contributed by atoms with Gasteiger partial charge in [0.05, 0.1) is 12.5 Å². The Hall–Kier alpha value is -1.87. The van der Waals surface area contributed by atoms with Crippen LogP contribution in [0.15, 0.2) is 66.9 Å². The normalized spacial score (nSPS) is 10.1. The Kier molecular flexibility index (Phi) is 4.74. The van der Waals surface area contributed by atoms with Gasteiger partial charge in [0, 0.05) is 17.7 Å². The fourth-order valence-corrected chi connectivity index (χ4v) is 2.30. The smallest absolute Gasteiger partial charge is 0.213 e. The Bertz CT molecular complexity index is 698. The molecule has 102 valence electrons. The number of hydrogen-bond donors (Lipinski definition) is 0. The van der Waals surface area contributed by atoms with Gasteiger partial charge in [-0.2, -0.15) is 4.57 Å². The first-order valence-electron chi connectivity index (χ1n) is 6.37. The van der Waals surface area contributed by atoms with Crippen molar-refractivity contribution in [3.05, 3.63) is 72.4 Å². The molecule has 1 aromatic heterocycles. The Labute approximate surface area is 129 Å². The molecule has 2 nitrogen and oxygen atoms in total. The van der Waals surface area contributed by atoms with E-state index in [1.165, 1.54) is 16.5 Å². The molecule has 0 N–H and O–H groups in total. The molecule has 0 aliphatic rings. The lowest BCUT2D eigenvalue weighted by Crippen LogP contribution is -3.00. The number of ether oxygens (including phenoxy) is 1. The van der Waals surface area contributed by atoms with Crippen molar-refractivity contribution in [1.29, 1.82) is 0 Å². The van der Waals surface area contributed by atoms with Crippen LogP contribution in [0.25, 0.3) is 10.9 Å². The Morgan fingerprint density at radius 2 is 1.75 bits per heavy atom. The van der Waals surface area contributed by atoms with E-state index in [4.69, 9.17) is 4.74 Å². The summed E-state index contributed by atoms with van der Waals surface area (Å²) in [7, 11) is 1.70. The highest BCUT2D eigenvalue weighted by molar-refractivity contribution is 5.77. The van der Waals surface area contributed by atoms with E-state index in [1.807, 2.05) is 12.1 Å². The minimum absolute atomic E-state index is 0. The van der Waals surface area contributed by atoms with Crippen LogP contribution in [0, 0.1) is 0 Å². The second-order valence-corrected chi connectivity index (χ2v) is 4.55. The average molecular weight is 330 g/mol. The average Bonchev–Trinajstić information content (AvgIpc) is 2.48. The number of rotatable bonds is 3. The summed E-state index contributed by atoms with van der Waals surface area (Å²) < 4.78 is 7.53. The van der Waals surface area contributed by atoms with Crippen LogP contribution in [0.4, 0.5) is 0 Å². The zero-order valence-corrected chi connectivity index (χ0v) is 12.9. The number of nitrogens with zero attached hydrogens (tertiary/aromatic N) is 1. The molecule has 2 aromatic carbocycles. The van der Waals surface area contributed by atoms with E-state index in [0.717, 1.165) is 12.3 Å². The van der Waals surface area contributed by atoms with Crippen LogP contribution >= 0.6 is 0 Å². The number of methoxy groups -OCH3 is 1. The van der Waals surface area contributed by atoms with Gasteiger partial charge in [0.15, 0.2) is 12.7 Å². The summed E-state index contributed by atoms with van der Waals surface area (Å²) >= 11 is 0. The first-order valence-corrected chi connectivity index (χ1v) is 6.37. The fourth-order valence-electron chi connectivity index (χ4n) is 2.30. The Morgan fingerprint density at radius 1 is 0.950 bits per heavy atom. The summed E-state index contributed by atoms with van der Waals surface area (Å²) in [5.41, 5.74) is 2.52. The summed E-state index contributed by atoms with van der Waals surface area (Å²) in [6, 6.07) is 20.8. The Balaban J connectivity index is 0.00000147. The van der Waals surface area contributed by atoms with Crippen molar-refractivity contribution < 1.29 is 26.3 Å². The van der Waals surface area contributed by atoms with Gasteiger partial charge in [-0.15, -0.1) is 0 Å². The van der Waals surface area contributed by atoms with Gasteiger partial charge in [-0.25, -0.2) is 0 Å². The maximum atomic E-state index is 5.27. The molecule has 0 saturated heterocycles. The highest BCUT2D eigenvalue weighted by Crippen LogP contribution is 2.17. The molecule has 0 amide bonds. The molecular weight excluding hydrogens is 314 g/mol. The topological polar surface area (TPSA) is 13.1 Å². The third-order valence-corrected chi connectivity index (χ3v) is 3.28. The maximum absolute atomic E-state index is 5.27. The molecule has 0 fully saturated rings. The van der Waals surface area contributed by atoms with E-state index in [-0.39, 0.29) is 17.0 Å². The molecule has 0 aliphatic heterocycles. The van der Waals surface area contributed by atoms with Crippen molar-refractivity contribution in [3.8, 4) is 5.75 Å². The van der Waals surface area contributed by atoms with Gasteiger partial charge in [-0.1, -0.05) is 30.3 Å². The molecule has 0 aliphatic carbocycles. The van der Waals surface area contributed by atoms with E-state index in [2.05, 4.69) is 59.3 Å². The van der Waals surface area contributed by atoms with Gasteiger partial charge in [-0.3, -0.25) is 0 Å². The van der Waals surface area contributed by atoms with Crippen molar-refractivity contribution in [2.75, 3.05) is 7.11 Å².